The second-order valence-electron chi connectivity index (χ2n) is 7.01. The van der Waals surface area contributed by atoms with Crippen LogP contribution >= 0.6 is 0 Å². The van der Waals surface area contributed by atoms with Crippen molar-refractivity contribution in [3.05, 3.63) is 77.6 Å². The number of rotatable bonds is 2. The predicted molar refractivity (Wildman–Crippen MR) is 102 cm³/mol. The van der Waals surface area contributed by atoms with Crippen molar-refractivity contribution in [1.29, 1.82) is 0 Å². The number of likely N-dealkylation sites (tertiary alicyclic amines) is 1. The monoisotopic (exact) mass is 346 g/mol. The number of β-amino-alcohol motifs (C(OH)–C–C–N with tert-alkyl or cyclic N) is 1. The predicted octanol–water partition coefficient (Wildman–Crippen LogP) is 3.53. The Hall–Kier alpha value is -2.72. The van der Waals surface area contributed by atoms with Crippen LogP contribution in [0.15, 0.2) is 60.9 Å². The van der Waals surface area contributed by atoms with Gasteiger partial charge in [0, 0.05) is 37.0 Å². The van der Waals surface area contributed by atoms with Gasteiger partial charge in [0.15, 0.2) is 0 Å². The van der Waals surface area contributed by atoms with Crippen molar-refractivity contribution >= 4 is 16.7 Å². The lowest BCUT2D eigenvalue weighted by Crippen LogP contribution is -2.45. The summed E-state index contributed by atoms with van der Waals surface area (Å²) in [4.78, 5) is 18.6. The number of aliphatic hydroxyl groups excluding tert-OH is 1. The van der Waals surface area contributed by atoms with Crippen molar-refractivity contribution in [2.75, 3.05) is 13.1 Å². The molecule has 1 fully saturated rings. The fraction of sp³-hybridized carbons (Fsp3) is 0.273. The third-order valence-electron chi connectivity index (χ3n) is 5.32. The maximum Gasteiger partial charge on any atom is 0.254 e. The van der Waals surface area contributed by atoms with Crippen molar-refractivity contribution < 1.29 is 9.90 Å². The summed E-state index contributed by atoms with van der Waals surface area (Å²) >= 11 is 0. The summed E-state index contributed by atoms with van der Waals surface area (Å²) in [7, 11) is 0. The summed E-state index contributed by atoms with van der Waals surface area (Å²) in [5.41, 5.74) is 2.67. The molecule has 1 aromatic heterocycles. The smallest absolute Gasteiger partial charge is 0.254 e. The summed E-state index contributed by atoms with van der Waals surface area (Å²) < 4.78 is 0. The minimum Gasteiger partial charge on any atom is -0.391 e. The zero-order valence-electron chi connectivity index (χ0n) is 14.8. The standard InChI is InChI=1S/C22H22N2O2/c1-15-13-23-10-8-19(15)22(26)24-11-9-20(21(25)14-24)18-7-6-16-4-2-3-5-17(16)12-18/h2-8,10,12-13,20-21,25H,9,11,14H2,1H3/t20-,21+/m0/s1. The Balaban J connectivity index is 1.53. The molecule has 4 nitrogen and oxygen atoms in total. The van der Waals surface area contributed by atoms with Crippen molar-refractivity contribution in [3.8, 4) is 0 Å². The van der Waals surface area contributed by atoms with E-state index in [1.54, 1.807) is 23.4 Å². The molecule has 0 unspecified atom stereocenters. The highest BCUT2D eigenvalue weighted by Gasteiger charge is 2.32. The topological polar surface area (TPSA) is 53.4 Å². The van der Waals surface area contributed by atoms with E-state index in [0.717, 1.165) is 17.5 Å². The van der Waals surface area contributed by atoms with E-state index in [2.05, 4.69) is 35.3 Å². The summed E-state index contributed by atoms with van der Waals surface area (Å²) in [6.07, 6.45) is 3.54. The van der Waals surface area contributed by atoms with Crippen LogP contribution in [-0.4, -0.2) is 40.1 Å². The first-order valence-corrected chi connectivity index (χ1v) is 9.00. The number of benzene rings is 2. The highest BCUT2D eigenvalue weighted by Crippen LogP contribution is 2.31. The number of aromatic nitrogens is 1. The van der Waals surface area contributed by atoms with Gasteiger partial charge in [-0.2, -0.15) is 0 Å². The number of pyridine rings is 1. The summed E-state index contributed by atoms with van der Waals surface area (Å²) in [5, 5.41) is 13.1. The molecule has 4 rings (SSSR count). The molecule has 2 aromatic carbocycles. The minimum absolute atomic E-state index is 0.0269. The lowest BCUT2D eigenvalue weighted by molar-refractivity contribution is 0.0381. The Morgan fingerprint density at radius 1 is 1.15 bits per heavy atom. The number of aryl methyl sites for hydroxylation is 1. The first-order valence-electron chi connectivity index (χ1n) is 9.00. The second kappa shape index (κ2) is 6.89. The number of carbonyl (C=O) groups excluding carboxylic acids is 1. The summed E-state index contributed by atoms with van der Waals surface area (Å²) in [6.45, 7) is 2.89. The summed E-state index contributed by atoms with van der Waals surface area (Å²) in [5.74, 6) is 0.0307. The lowest BCUT2D eigenvalue weighted by atomic mass is 9.86. The molecule has 1 aliphatic rings. The van der Waals surface area contributed by atoms with Gasteiger partial charge in [0.25, 0.3) is 5.91 Å². The Morgan fingerprint density at radius 2 is 1.96 bits per heavy atom. The molecular formula is C22H22N2O2. The third-order valence-corrected chi connectivity index (χ3v) is 5.32. The van der Waals surface area contributed by atoms with Gasteiger partial charge in [0.2, 0.25) is 0 Å². The van der Waals surface area contributed by atoms with E-state index >= 15 is 0 Å². The van der Waals surface area contributed by atoms with E-state index < -0.39 is 6.10 Å². The summed E-state index contributed by atoms with van der Waals surface area (Å²) in [6, 6.07) is 16.4. The molecule has 3 aromatic rings. The molecule has 0 bridgehead atoms. The molecule has 2 heterocycles. The number of piperidine rings is 1. The number of aliphatic hydroxyl groups is 1. The first-order chi connectivity index (χ1) is 12.6. The van der Waals surface area contributed by atoms with Gasteiger partial charge in [-0.1, -0.05) is 42.5 Å². The van der Waals surface area contributed by atoms with Gasteiger partial charge in [-0.25, -0.2) is 0 Å². The van der Waals surface area contributed by atoms with Gasteiger partial charge in [-0.15, -0.1) is 0 Å². The van der Waals surface area contributed by atoms with Gasteiger partial charge in [0.1, 0.15) is 0 Å². The largest absolute Gasteiger partial charge is 0.391 e. The third kappa shape index (κ3) is 3.08. The molecule has 1 amide bonds. The first kappa shape index (κ1) is 16.7. The maximum absolute atomic E-state index is 12.8. The van der Waals surface area contributed by atoms with Crippen LogP contribution in [0.2, 0.25) is 0 Å². The van der Waals surface area contributed by atoms with Gasteiger partial charge in [0.05, 0.1) is 6.10 Å². The number of carbonyl (C=O) groups is 1. The van der Waals surface area contributed by atoms with Crippen LogP contribution in [0.1, 0.15) is 33.8 Å². The van der Waals surface area contributed by atoms with Crippen LogP contribution < -0.4 is 0 Å². The van der Waals surface area contributed by atoms with Crippen molar-refractivity contribution in [2.24, 2.45) is 0 Å². The van der Waals surface area contributed by atoms with E-state index in [1.165, 1.54) is 10.8 Å². The molecule has 0 saturated carbocycles. The average molecular weight is 346 g/mol. The normalized spacial score (nSPS) is 20.3. The Bertz CT molecular complexity index is 954. The second-order valence-corrected chi connectivity index (χ2v) is 7.01. The van der Waals surface area contributed by atoms with Crippen molar-refractivity contribution in [3.63, 3.8) is 0 Å². The molecular weight excluding hydrogens is 324 g/mol. The average Bonchev–Trinajstić information content (AvgIpc) is 2.67. The highest BCUT2D eigenvalue weighted by molar-refractivity contribution is 5.95. The van der Waals surface area contributed by atoms with E-state index in [1.807, 2.05) is 19.1 Å². The molecule has 4 heteroatoms. The van der Waals surface area contributed by atoms with Gasteiger partial charge in [-0.05, 0) is 41.3 Å². The number of hydrogen-bond donors (Lipinski definition) is 1. The van der Waals surface area contributed by atoms with Crippen LogP contribution in [0.4, 0.5) is 0 Å². The Labute approximate surface area is 153 Å². The molecule has 132 valence electrons. The van der Waals surface area contributed by atoms with E-state index in [4.69, 9.17) is 0 Å². The lowest BCUT2D eigenvalue weighted by Gasteiger charge is -2.36. The van der Waals surface area contributed by atoms with Crippen LogP contribution in [-0.2, 0) is 0 Å². The molecule has 26 heavy (non-hydrogen) atoms. The molecule has 1 aliphatic heterocycles. The van der Waals surface area contributed by atoms with Crippen LogP contribution in [0, 0.1) is 6.92 Å². The van der Waals surface area contributed by atoms with Gasteiger partial charge in [-0.3, -0.25) is 9.78 Å². The highest BCUT2D eigenvalue weighted by atomic mass is 16.3. The molecule has 0 aliphatic carbocycles. The zero-order chi connectivity index (χ0) is 18.1. The van der Waals surface area contributed by atoms with E-state index in [-0.39, 0.29) is 11.8 Å². The minimum atomic E-state index is -0.559. The van der Waals surface area contributed by atoms with E-state index in [9.17, 15) is 9.90 Å². The maximum atomic E-state index is 12.8. The zero-order valence-corrected chi connectivity index (χ0v) is 14.8. The molecule has 1 saturated heterocycles. The molecule has 1 N–H and O–H groups in total. The molecule has 0 radical (unpaired) electrons. The number of amides is 1. The number of hydrogen-bond acceptors (Lipinski definition) is 3. The van der Waals surface area contributed by atoms with Gasteiger partial charge >= 0.3 is 0 Å². The molecule has 0 spiro atoms. The van der Waals surface area contributed by atoms with E-state index in [0.29, 0.717) is 18.7 Å². The SMILES string of the molecule is Cc1cnccc1C(=O)N1CC[C@@H](c2ccc3ccccc3c2)[C@H](O)C1. The number of fused-ring (bicyclic) bond motifs is 1. The van der Waals surface area contributed by atoms with Crippen LogP contribution in [0.3, 0.4) is 0 Å². The fourth-order valence-corrected chi connectivity index (χ4v) is 3.83. The van der Waals surface area contributed by atoms with Crippen molar-refractivity contribution in [2.45, 2.75) is 25.4 Å². The Morgan fingerprint density at radius 3 is 2.73 bits per heavy atom. The van der Waals surface area contributed by atoms with Crippen LogP contribution in [0.25, 0.3) is 10.8 Å². The molecule has 2 atom stereocenters. The quantitative estimate of drug-likeness (QED) is 0.772. The fourth-order valence-electron chi connectivity index (χ4n) is 3.83. The van der Waals surface area contributed by atoms with Crippen molar-refractivity contribution in [1.82, 2.24) is 9.88 Å². The van der Waals surface area contributed by atoms with Crippen LogP contribution in [0.5, 0.6) is 0 Å². The number of nitrogens with zero attached hydrogens (tertiary/aromatic N) is 2. The van der Waals surface area contributed by atoms with Gasteiger partial charge < -0.3 is 10.0 Å². The Kier molecular flexibility index (Phi) is 4.43.